The van der Waals surface area contributed by atoms with Crippen LogP contribution in [0.4, 0.5) is 13.2 Å². The van der Waals surface area contributed by atoms with Crippen LogP contribution < -0.4 is 0 Å². The average Bonchev–Trinajstić information content (AvgIpc) is 2.97. The molecule has 0 aromatic heterocycles. The SMILES string of the molecule is CC(=O)C1(c2ccccc2C(F)(F)F)CC1. The first-order valence-corrected chi connectivity index (χ1v) is 5.06. The van der Waals surface area contributed by atoms with Crippen LogP contribution >= 0.6 is 0 Å². The molecule has 0 unspecified atom stereocenters. The van der Waals surface area contributed by atoms with Crippen LogP contribution in [-0.2, 0) is 16.4 Å². The van der Waals surface area contributed by atoms with Crippen molar-refractivity contribution in [3.63, 3.8) is 0 Å². The van der Waals surface area contributed by atoms with Gasteiger partial charge in [-0.25, -0.2) is 0 Å². The lowest BCUT2D eigenvalue weighted by molar-refractivity contribution is -0.138. The van der Waals surface area contributed by atoms with Gasteiger partial charge in [0.25, 0.3) is 0 Å². The molecule has 1 aromatic rings. The van der Waals surface area contributed by atoms with Crippen molar-refractivity contribution in [3.8, 4) is 0 Å². The first kappa shape index (κ1) is 11.2. The van der Waals surface area contributed by atoms with Crippen LogP contribution in [-0.4, -0.2) is 5.78 Å². The van der Waals surface area contributed by atoms with E-state index in [1.54, 1.807) is 6.07 Å². The summed E-state index contributed by atoms with van der Waals surface area (Å²) < 4.78 is 38.3. The molecule has 0 aliphatic heterocycles. The Morgan fingerprint density at radius 2 is 1.81 bits per heavy atom. The van der Waals surface area contributed by atoms with E-state index in [1.165, 1.54) is 19.1 Å². The number of carbonyl (C=O) groups is 1. The van der Waals surface area contributed by atoms with E-state index in [4.69, 9.17) is 0 Å². The zero-order valence-electron chi connectivity index (χ0n) is 8.77. The number of carbonyl (C=O) groups excluding carboxylic acids is 1. The van der Waals surface area contributed by atoms with E-state index in [9.17, 15) is 18.0 Å². The van der Waals surface area contributed by atoms with Crippen molar-refractivity contribution in [1.29, 1.82) is 0 Å². The minimum atomic E-state index is -4.39. The van der Waals surface area contributed by atoms with Crippen LogP contribution in [0.25, 0.3) is 0 Å². The van der Waals surface area contributed by atoms with Crippen molar-refractivity contribution >= 4 is 5.78 Å². The third-order valence-corrected chi connectivity index (χ3v) is 3.17. The van der Waals surface area contributed by atoms with Gasteiger partial charge in [-0.2, -0.15) is 13.2 Å². The van der Waals surface area contributed by atoms with Crippen molar-refractivity contribution in [2.24, 2.45) is 0 Å². The number of rotatable bonds is 2. The maximum Gasteiger partial charge on any atom is 0.416 e. The Hall–Kier alpha value is -1.32. The summed E-state index contributed by atoms with van der Waals surface area (Å²) in [4.78, 5) is 11.4. The summed E-state index contributed by atoms with van der Waals surface area (Å²) in [5, 5.41) is 0. The van der Waals surface area contributed by atoms with Crippen LogP contribution in [0.15, 0.2) is 24.3 Å². The molecule has 1 aromatic carbocycles. The van der Waals surface area contributed by atoms with Gasteiger partial charge in [0.05, 0.1) is 11.0 Å². The highest BCUT2D eigenvalue weighted by Gasteiger charge is 2.52. The van der Waals surface area contributed by atoms with Crippen LogP contribution in [0.1, 0.15) is 30.9 Å². The predicted octanol–water partition coefficient (Wildman–Crippen LogP) is 3.33. The third-order valence-electron chi connectivity index (χ3n) is 3.17. The van der Waals surface area contributed by atoms with E-state index in [0.717, 1.165) is 6.07 Å². The lowest BCUT2D eigenvalue weighted by Gasteiger charge is -2.18. The molecule has 0 atom stereocenters. The van der Waals surface area contributed by atoms with E-state index in [1.807, 2.05) is 0 Å². The number of benzene rings is 1. The molecule has 1 nitrogen and oxygen atoms in total. The molecular formula is C12H11F3O. The quantitative estimate of drug-likeness (QED) is 0.758. The fourth-order valence-corrected chi connectivity index (χ4v) is 2.08. The second kappa shape index (κ2) is 3.34. The van der Waals surface area contributed by atoms with Gasteiger partial charge in [-0.05, 0) is 31.4 Å². The van der Waals surface area contributed by atoms with Gasteiger partial charge in [0.1, 0.15) is 5.78 Å². The molecule has 1 fully saturated rings. The number of hydrogen-bond acceptors (Lipinski definition) is 1. The highest BCUT2D eigenvalue weighted by molar-refractivity contribution is 5.91. The second-order valence-corrected chi connectivity index (χ2v) is 4.18. The Bertz CT molecular complexity index is 430. The Morgan fingerprint density at radius 3 is 2.25 bits per heavy atom. The molecule has 1 saturated carbocycles. The van der Waals surface area contributed by atoms with Crippen LogP contribution in [0.2, 0.25) is 0 Å². The van der Waals surface area contributed by atoms with E-state index >= 15 is 0 Å². The lowest BCUT2D eigenvalue weighted by atomic mass is 9.88. The van der Waals surface area contributed by atoms with Gasteiger partial charge in [0.15, 0.2) is 0 Å². The molecule has 86 valence electrons. The summed E-state index contributed by atoms with van der Waals surface area (Å²) in [5.74, 6) is -0.177. The van der Waals surface area contributed by atoms with Gasteiger partial charge in [0.2, 0.25) is 0 Å². The second-order valence-electron chi connectivity index (χ2n) is 4.18. The van der Waals surface area contributed by atoms with Gasteiger partial charge in [-0.15, -0.1) is 0 Å². The fourth-order valence-electron chi connectivity index (χ4n) is 2.08. The maximum atomic E-state index is 12.8. The van der Waals surface area contributed by atoms with Crippen molar-refractivity contribution < 1.29 is 18.0 Å². The first-order chi connectivity index (χ1) is 7.38. The highest BCUT2D eigenvalue weighted by Crippen LogP contribution is 2.52. The van der Waals surface area contributed by atoms with Crippen molar-refractivity contribution in [3.05, 3.63) is 35.4 Å². The molecule has 1 aliphatic carbocycles. The smallest absolute Gasteiger partial charge is 0.299 e. The molecular weight excluding hydrogens is 217 g/mol. The topological polar surface area (TPSA) is 17.1 Å². The Morgan fingerprint density at radius 1 is 1.25 bits per heavy atom. The van der Waals surface area contributed by atoms with Crippen molar-refractivity contribution in [2.75, 3.05) is 0 Å². The first-order valence-electron chi connectivity index (χ1n) is 5.06. The number of Topliss-reactive ketones (excluding diaryl/α,β-unsaturated/α-hetero) is 1. The average molecular weight is 228 g/mol. The molecule has 16 heavy (non-hydrogen) atoms. The lowest BCUT2D eigenvalue weighted by Crippen LogP contribution is -2.22. The van der Waals surface area contributed by atoms with E-state index in [0.29, 0.717) is 12.8 Å². The van der Waals surface area contributed by atoms with Crippen LogP contribution in [0, 0.1) is 0 Å². The predicted molar refractivity (Wildman–Crippen MR) is 53.0 cm³/mol. The van der Waals surface area contributed by atoms with Gasteiger partial charge < -0.3 is 0 Å². The van der Waals surface area contributed by atoms with Gasteiger partial charge >= 0.3 is 6.18 Å². The standard InChI is InChI=1S/C12H11F3O/c1-8(16)11(6-7-11)9-4-2-3-5-10(9)12(13,14)15/h2-5H,6-7H2,1H3. The number of alkyl halides is 3. The molecule has 0 bridgehead atoms. The zero-order valence-corrected chi connectivity index (χ0v) is 8.77. The third kappa shape index (κ3) is 1.62. The Kier molecular flexibility index (Phi) is 2.33. The van der Waals surface area contributed by atoms with E-state index < -0.39 is 17.2 Å². The summed E-state index contributed by atoms with van der Waals surface area (Å²) in [5.41, 5.74) is -1.41. The maximum absolute atomic E-state index is 12.8. The Labute approximate surface area is 91.3 Å². The molecule has 0 heterocycles. The largest absolute Gasteiger partial charge is 0.416 e. The summed E-state index contributed by atoms with van der Waals surface area (Å²) >= 11 is 0. The molecule has 1 aliphatic rings. The Balaban J connectivity index is 2.54. The zero-order chi connectivity index (χ0) is 12.0. The van der Waals surface area contributed by atoms with Crippen molar-refractivity contribution in [1.82, 2.24) is 0 Å². The molecule has 0 N–H and O–H groups in total. The molecule has 0 spiro atoms. The molecule has 4 heteroatoms. The molecule has 0 saturated heterocycles. The fraction of sp³-hybridized carbons (Fsp3) is 0.417. The van der Waals surface area contributed by atoms with Gasteiger partial charge in [0, 0.05) is 0 Å². The molecule has 2 rings (SSSR count). The van der Waals surface area contributed by atoms with Gasteiger partial charge in [-0.1, -0.05) is 18.2 Å². The van der Waals surface area contributed by atoms with E-state index in [-0.39, 0.29) is 11.3 Å². The van der Waals surface area contributed by atoms with Crippen molar-refractivity contribution in [2.45, 2.75) is 31.4 Å². The highest BCUT2D eigenvalue weighted by atomic mass is 19.4. The summed E-state index contributed by atoms with van der Waals surface area (Å²) in [6.45, 7) is 1.36. The molecule has 0 radical (unpaired) electrons. The minimum Gasteiger partial charge on any atom is -0.299 e. The number of hydrogen-bond donors (Lipinski definition) is 0. The monoisotopic (exact) mass is 228 g/mol. The normalized spacial score (nSPS) is 18.2. The van der Waals surface area contributed by atoms with Crippen LogP contribution in [0.5, 0.6) is 0 Å². The summed E-state index contributed by atoms with van der Waals surface area (Å²) in [6, 6.07) is 5.35. The summed E-state index contributed by atoms with van der Waals surface area (Å²) in [7, 11) is 0. The molecule has 0 amide bonds. The van der Waals surface area contributed by atoms with E-state index in [2.05, 4.69) is 0 Å². The number of halogens is 3. The minimum absolute atomic E-state index is 0.134. The summed E-state index contributed by atoms with van der Waals surface area (Å²) in [6.07, 6.45) is -3.34. The van der Waals surface area contributed by atoms with Gasteiger partial charge in [-0.3, -0.25) is 4.79 Å². The number of ketones is 1. The van der Waals surface area contributed by atoms with Crippen LogP contribution in [0.3, 0.4) is 0 Å².